The number of nitrogens with zero attached hydrogens (tertiary/aromatic N) is 2. The van der Waals surface area contributed by atoms with Gasteiger partial charge in [-0.25, -0.2) is 0 Å². The summed E-state index contributed by atoms with van der Waals surface area (Å²) in [5.41, 5.74) is 0. The number of carbonyl (C=O) groups excluding carboxylic acids is 1. The fraction of sp³-hybridized carbons (Fsp3) is 0.857. The highest BCUT2D eigenvalue weighted by molar-refractivity contribution is 5.76. The molecule has 1 unspecified atom stereocenters. The molecule has 0 aromatic rings. The van der Waals surface area contributed by atoms with Crippen LogP contribution in [0.25, 0.3) is 0 Å². The van der Waals surface area contributed by atoms with Crippen molar-refractivity contribution in [1.82, 2.24) is 9.80 Å². The normalized spacial score (nSPS) is 17.2. The van der Waals surface area contributed by atoms with E-state index in [2.05, 4.69) is 4.90 Å². The molecule has 0 saturated carbocycles. The fourth-order valence-electron chi connectivity index (χ4n) is 2.27. The fourth-order valence-corrected chi connectivity index (χ4v) is 2.27. The maximum atomic E-state index is 12.0. The van der Waals surface area contributed by atoms with E-state index in [0.717, 1.165) is 19.5 Å². The van der Waals surface area contributed by atoms with E-state index in [4.69, 9.17) is 9.84 Å². The van der Waals surface area contributed by atoms with Crippen LogP contribution >= 0.6 is 0 Å². The molecular formula is C14H26N2O4. The highest BCUT2D eigenvalue weighted by Gasteiger charge is 2.18. The predicted octanol–water partition coefficient (Wildman–Crippen LogP) is 0.668. The first-order valence-electron chi connectivity index (χ1n) is 7.35. The highest BCUT2D eigenvalue weighted by Crippen LogP contribution is 2.05. The Morgan fingerprint density at radius 2 is 2.00 bits per heavy atom. The molecule has 0 radical (unpaired) electrons. The summed E-state index contributed by atoms with van der Waals surface area (Å²) in [6.45, 7) is 8.47. The van der Waals surface area contributed by atoms with Crippen LogP contribution in [0, 0.1) is 5.92 Å². The van der Waals surface area contributed by atoms with Crippen LogP contribution in [0.4, 0.5) is 0 Å². The smallest absolute Gasteiger partial charge is 0.307 e. The zero-order chi connectivity index (χ0) is 15.0. The number of rotatable bonds is 8. The van der Waals surface area contributed by atoms with Gasteiger partial charge in [0.15, 0.2) is 0 Å². The van der Waals surface area contributed by atoms with Crippen LogP contribution in [-0.4, -0.2) is 72.7 Å². The Morgan fingerprint density at radius 3 is 2.55 bits per heavy atom. The number of carboxylic acids is 1. The molecule has 0 aromatic carbocycles. The van der Waals surface area contributed by atoms with Crippen LogP contribution in [-0.2, 0) is 14.3 Å². The average Bonchev–Trinajstić information content (AvgIpc) is 2.46. The molecule has 1 fully saturated rings. The van der Waals surface area contributed by atoms with Crippen LogP contribution in [0.5, 0.6) is 0 Å². The number of carboxylic acid groups (broad SMARTS) is 1. The van der Waals surface area contributed by atoms with Gasteiger partial charge >= 0.3 is 5.97 Å². The third-order valence-electron chi connectivity index (χ3n) is 3.63. The first kappa shape index (κ1) is 16.9. The van der Waals surface area contributed by atoms with E-state index < -0.39 is 5.97 Å². The lowest BCUT2D eigenvalue weighted by Gasteiger charge is -2.27. The summed E-state index contributed by atoms with van der Waals surface area (Å²) in [5.74, 6) is -0.964. The van der Waals surface area contributed by atoms with Crippen molar-refractivity contribution in [3.63, 3.8) is 0 Å². The van der Waals surface area contributed by atoms with E-state index in [1.807, 2.05) is 11.8 Å². The van der Waals surface area contributed by atoms with Crippen molar-refractivity contribution in [2.24, 2.45) is 5.92 Å². The van der Waals surface area contributed by atoms with Crippen molar-refractivity contribution < 1.29 is 19.4 Å². The lowest BCUT2D eigenvalue weighted by molar-refractivity contribution is -0.142. The van der Waals surface area contributed by atoms with Crippen LogP contribution < -0.4 is 0 Å². The Balaban J connectivity index is 2.23. The number of ether oxygens (including phenoxy) is 1. The summed E-state index contributed by atoms with van der Waals surface area (Å²) in [6, 6.07) is 0. The second-order valence-electron chi connectivity index (χ2n) is 5.23. The summed E-state index contributed by atoms with van der Waals surface area (Å²) in [4.78, 5) is 26.7. The van der Waals surface area contributed by atoms with E-state index in [-0.39, 0.29) is 11.8 Å². The molecule has 1 aliphatic heterocycles. The van der Waals surface area contributed by atoms with Crippen molar-refractivity contribution in [2.45, 2.75) is 26.7 Å². The molecule has 1 heterocycles. The second kappa shape index (κ2) is 8.92. The molecule has 0 aromatic heterocycles. The van der Waals surface area contributed by atoms with Crippen LogP contribution in [0.15, 0.2) is 0 Å². The van der Waals surface area contributed by atoms with E-state index in [0.29, 0.717) is 39.3 Å². The largest absolute Gasteiger partial charge is 0.481 e. The zero-order valence-corrected chi connectivity index (χ0v) is 12.5. The van der Waals surface area contributed by atoms with Gasteiger partial charge in [-0.2, -0.15) is 0 Å². The van der Waals surface area contributed by atoms with E-state index in [1.54, 1.807) is 6.92 Å². The standard InChI is InChI=1S/C14H26N2O4/c1-3-15(11-12(2)14(18)19)6-4-5-13(17)16-7-9-20-10-8-16/h12H,3-11H2,1-2H3,(H,18,19). The van der Waals surface area contributed by atoms with E-state index in [1.165, 1.54) is 0 Å². The van der Waals surface area contributed by atoms with E-state index in [9.17, 15) is 9.59 Å². The summed E-state index contributed by atoms with van der Waals surface area (Å²) < 4.78 is 5.22. The van der Waals surface area contributed by atoms with Gasteiger partial charge in [-0.15, -0.1) is 0 Å². The average molecular weight is 286 g/mol. The minimum atomic E-state index is -0.771. The number of carbonyl (C=O) groups is 2. The third kappa shape index (κ3) is 5.88. The van der Waals surface area contributed by atoms with Crippen molar-refractivity contribution in [3.05, 3.63) is 0 Å². The quantitative estimate of drug-likeness (QED) is 0.710. The highest BCUT2D eigenvalue weighted by atomic mass is 16.5. The van der Waals surface area contributed by atoms with Crippen LogP contribution in [0.1, 0.15) is 26.7 Å². The number of hydrogen-bond donors (Lipinski definition) is 1. The maximum Gasteiger partial charge on any atom is 0.307 e. The first-order chi connectivity index (χ1) is 9.54. The molecule has 0 bridgehead atoms. The van der Waals surface area contributed by atoms with Crippen molar-refractivity contribution in [3.8, 4) is 0 Å². The molecule has 0 aliphatic carbocycles. The monoisotopic (exact) mass is 286 g/mol. The third-order valence-corrected chi connectivity index (χ3v) is 3.63. The van der Waals surface area contributed by atoms with Crippen molar-refractivity contribution in [1.29, 1.82) is 0 Å². The van der Waals surface area contributed by atoms with Gasteiger partial charge in [-0.3, -0.25) is 9.59 Å². The Hall–Kier alpha value is -1.14. The molecule has 0 spiro atoms. The molecule has 1 N–H and O–H groups in total. The number of morpholine rings is 1. The lowest BCUT2D eigenvalue weighted by atomic mass is 10.1. The molecule has 1 atom stereocenters. The Labute approximate surface area is 120 Å². The van der Waals surface area contributed by atoms with Gasteiger partial charge in [0.25, 0.3) is 0 Å². The maximum absolute atomic E-state index is 12.0. The number of hydrogen-bond acceptors (Lipinski definition) is 4. The first-order valence-corrected chi connectivity index (χ1v) is 7.35. The molecule has 1 saturated heterocycles. The molecule has 6 heteroatoms. The van der Waals surface area contributed by atoms with Gasteiger partial charge in [-0.1, -0.05) is 13.8 Å². The molecular weight excluding hydrogens is 260 g/mol. The zero-order valence-electron chi connectivity index (χ0n) is 12.5. The van der Waals surface area contributed by atoms with Gasteiger partial charge in [-0.05, 0) is 19.5 Å². The molecule has 6 nitrogen and oxygen atoms in total. The van der Waals surface area contributed by atoms with E-state index >= 15 is 0 Å². The summed E-state index contributed by atoms with van der Waals surface area (Å²) in [5, 5.41) is 8.91. The number of amides is 1. The predicted molar refractivity (Wildman–Crippen MR) is 75.5 cm³/mol. The van der Waals surface area contributed by atoms with Gasteiger partial charge in [0.05, 0.1) is 19.1 Å². The molecule has 1 rings (SSSR count). The minimum Gasteiger partial charge on any atom is -0.481 e. The molecule has 116 valence electrons. The second-order valence-corrected chi connectivity index (χ2v) is 5.23. The van der Waals surface area contributed by atoms with Gasteiger partial charge in [0, 0.05) is 26.1 Å². The Kier molecular flexibility index (Phi) is 7.54. The summed E-state index contributed by atoms with van der Waals surface area (Å²) in [6.07, 6.45) is 1.30. The minimum absolute atomic E-state index is 0.177. The topological polar surface area (TPSA) is 70.1 Å². The number of aliphatic carboxylic acids is 1. The summed E-state index contributed by atoms with van der Waals surface area (Å²) >= 11 is 0. The SMILES string of the molecule is CCN(CCCC(=O)N1CCOCC1)CC(C)C(=O)O. The Bertz CT molecular complexity index is 316. The van der Waals surface area contributed by atoms with Crippen LogP contribution in [0.2, 0.25) is 0 Å². The van der Waals surface area contributed by atoms with Crippen LogP contribution in [0.3, 0.4) is 0 Å². The molecule has 1 aliphatic rings. The Morgan fingerprint density at radius 1 is 1.35 bits per heavy atom. The van der Waals surface area contributed by atoms with Crippen molar-refractivity contribution >= 4 is 11.9 Å². The van der Waals surface area contributed by atoms with Crippen molar-refractivity contribution in [2.75, 3.05) is 45.9 Å². The molecule has 20 heavy (non-hydrogen) atoms. The molecule has 1 amide bonds. The summed E-state index contributed by atoms with van der Waals surface area (Å²) in [7, 11) is 0. The van der Waals surface area contributed by atoms with Gasteiger partial charge in [0.1, 0.15) is 0 Å². The van der Waals surface area contributed by atoms with Gasteiger partial charge in [0.2, 0.25) is 5.91 Å². The lowest BCUT2D eigenvalue weighted by Crippen LogP contribution is -2.41. The van der Waals surface area contributed by atoms with Gasteiger partial charge < -0.3 is 19.6 Å².